The molecular formula is C15H20O3Sn. The summed E-state index contributed by atoms with van der Waals surface area (Å²) in [6.45, 7) is 1.73. The van der Waals surface area contributed by atoms with Crippen molar-refractivity contribution in [2.24, 2.45) is 0 Å². The zero-order chi connectivity index (χ0) is 14.6. The van der Waals surface area contributed by atoms with E-state index in [4.69, 9.17) is 4.74 Å². The number of ether oxygens (including phenoxy) is 1. The van der Waals surface area contributed by atoms with E-state index in [9.17, 15) is 9.59 Å². The van der Waals surface area contributed by atoms with E-state index in [1.807, 2.05) is 18.2 Å². The predicted molar refractivity (Wildman–Crippen MR) is 78.8 cm³/mol. The van der Waals surface area contributed by atoms with Crippen LogP contribution >= 0.6 is 0 Å². The minimum absolute atomic E-state index is 0.0902. The summed E-state index contributed by atoms with van der Waals surface area (Å²) < 4.78 is 5.48. The maximum atomic E-state index is 12.4. The topological polar surface area (TPSA) is 43.4 Å². The van der Waals surface area contributed by atoms with Gasteiger partial charge in [0.25, 0.3) is 0 Å². The quantitative estimate of drug-likeness (QED) is 0.355. The standard InChI is InChI=1S/C12H11O3.3CH3.Sn/c1-9(8-11(13)15-2)12(14)10-6-4-3-5-7-10;;;;/h3-7H,1-2H3;3*1H3;. The first-order valence-electron chi connectivity index (χ1n) is 6.18. The number of allylic oxidation sites excluding steroid dienone is 1. The fourth-order valence-corrected chi connectivity index (χ4v) is 7.62. The van der Waals surface area contributed by atoms with E-state index >= 15 is 0 Å². The Morgan fingerprint density at radius 2 is 1.58 bits per heavy atom. The van der Waals surface area contributed by atoms with Crippen molar-refractivity contribution in [1.82, 2.24) is 0 Å². The van der Waals surface area contributed by atoms with Crippen LogP contribution in [0.25, 0.3) is 0 Å². The number of ketones is 1. The molecule has 19 heavy (non-hydrogen) atoms. The Hall–Kier alpha value is -1.10. The third kappa shape index (κ3) is 3.93. The Kier molecular flexibility index (Phi) is 5.35. The average Bonchev–Trinajstić information content (AvgIpc) is 2.37. The average molecular weight is 367 g/mol. The van der Waals surface area contributed by atoms with Gasteiger partial charge in [0, 0.05) is 0 Å². The van der Waals surface area contributed by atoms with Crippen molar-refractivity contribution in [1.29, 1.82) is 0 Å². The first kappa shape index (κ1) is 16.0. The molecule has 0 fully saturated rings. The summed E-state index contributed by atoms with van der Waals surface area (Å²) >= 11 is -2.71. The molecule has 0 amide bonds. The molecule has 1 aromatic carbocycles. The van der Waals surface area contributed by atoms with Crippen molar-refractivity contribution in [3.63, 3.8) is 0 Å². The maximum absolute atomic E-state index is 12.4. The van der Waals surface area contributed by atoms with Crippen LogP contribution in [0.5, 0.6) is 0 Å². The second-order valence-corrected chi connectivity index (χ2v) is 19.7. The summed E-state index contributed by atoms with van der Waals surface area (Å²) in [5.41, 5.74) is 1.14. The van der Waals surface area contributed by atoms with E-state index in [1.54, 1.807) is 19.1 Å². The van der Waals surface area contributed by atoms with E-state index in [1.165, 1.54) is 7.11 Å². The summed E-state index contributed by atoms with van der Waals surface area (Å²) in [4.78, 5) is 30.7. The zero-order valence-corrected chi connectivity index (χ0v) is 15.0. The van der Waals surface area contributed by atoms with Crippen LogP contribution in [-0.4, -0.2) is 37.2 Å². The van der Waals surface area contributed by atoms with Crippen LogP contribution < -0.4 is 0 Å². The predicted octanol–water partition coefficient (Wildman–Crippen LogP) is 3.24. The van der Waals surface area contributed by atoms with E-state index in [2.05, 4.69) is 14.8 Å². The Bertz CT molecular complexity index is 510. The number of rotatable bonds is 4. The minimum atomic E-state index is -2.71. The molecule has 0 aliphatic heterocycles. The fourth-order valence-electron chi connectivity index (χ4n) is 2.04. The van der Waals surface area contributed by atoms with Gasteiger partial charge in [-0.3, -0.25) is 0 Å². The first-order valence-corrected chi connectivity index (χ1v) is 16.2. The van der Waals surface area contributed by atoms with Gasteiger partial charge in [-0.05, 0) is 0 Å². The second kappa shape index (κ2) is 6.37. The van der Waals surface area contributed by atoms with Crippen molar-refractivity contribution in [2.75, 3.05) is 7.11 Å². The summed E-state index contributed by atoms with van der Waals surface area (Å²) in [7, 11) is 1.36. The number of hydrogen-bond donors (Lipinski definition) is 0. The molecular weight excluding hydrogens is 347 g/mol. The van der Waals surface area contributed by atoms with Crippen molar-refractivity contribution in [2.45, 2.75) is 21.7 Å². The van der Waals surface area contributed by atoms with Crippen LogP contribution in [0.1, 0.15) is 17.3 Å². The number of benzene rings is 1. The number of carbonyl (C=O) groups is 2. The van der Waals surface area contributed by atoms with Crippen LogP contribution in [0.2, 0.25) is 14.8 Å². The molecule has 0 aliphatic rings. The Balaban J connectivity index is 3.31. The monoisotopic (exact) mass is 368 g/mol. The van der Waals surface area contributed by atoms with Gasteiger partial charge in [0.1, 0.15) is 0 Å². The van der Waals surface area contributed by atoms with Gasteiger partial charge in [-0.2, -0.15) is 0 Å². The van der Waals surface area contributed by atoms with Gasteiger partial charge >= 0.3 is 118 Å². The van der Waals surface area contributed by atoms with Crippen LogP contribution in [0, 0.1) is 0 Å². The van der Waals surface area contributed by atoms with Gasteiger partial charge in [-0.1, -0.05) is 0 Å². The van der Waals surface area contributed by atoms with Crippen LogP contribution in [-0.2, 0) is 9.53 Å². The molecule has 0 N–H and O–H groups in total. The molecule has 0 heterocycles. The van der Waals surface area contributed by atoms with Crippen molar-refractivity contribution in [3.8, 4) is 0 Å². The number of carbonyl (C=O) groups excluding carboxylic acids is 2. The van der Waals surface area contributed by atoms with Crippen LogP contribution in [0.15, 0.2) is 39.5 Å². The number of hydrogen-bond acceptors (Lipinski definition) is 3. The molecule has 1 rings (SSSR count). The van der Waals surface area contributed by atoms with E-state index in [-0.39, 0.29) is 11.8 Å². The SMILES string of the molecule is COC(=O)/[C](=C(\C)C(=O)c1ccccc1)[Sn]([CH3])([CH3])[CH3]. The molecule has 0 bridgehead atoms. The number of Topliss-reactive ketones (excluding diaryl/α,β-unsaturated/α-hetero) is 1. The molecule has 0 atom stereocenters. The molecule has 0 aliphatic carbocycles. The van der Waals surface area contributed by atoms with Crippen LogP contribution in [0.4, 0.5) is 0 Å². The van der Waals surface area contributed by atoms with E-state index in [0.717, 1.165) is 0 Å². The normalized spacial score (nSPS) is 12.7. The van der Waals surface area contributed by atoms with Gasteiger partial charge in [-0.25, -0.2) is 0 Å². The summed E-state index contributed by atoms with van der Waals surface area (Å²) in [5.74, 6) is -0.447. The first-order chi connectivity index (χ1) is 8.79. The molecule has 0 saturated carbocycles. The molecule has 4 heteroatoms. The zero-order valence-electron chi connectivity index (χ0n) is 12.1. The van der Waals surface area contributed by atoms with Crippen LogP contribution in [0.3, 0.4) is 0 Å². The third-order valence-electron chi connectivity index (χ3n) is 2.89. The van der Waals surface area contributed by atoms with Gasteiger partial charge < -0.3 is 0 Å². The van der Waals surface area contributed by atoms with Crippen molar-refractivity contribution < 1.29 is 14.3 Å². The number of esters is 1. The Morgan fingerprint density at radius 3 is 2.00 bits per heavy atom. The number of methoxy groups -OCH3 is 1. The molecule has 0 radical (unpaired) electrons. The summed E-state index contributed by atoms with van der Waals surface area (Å²) in [6, 6.07) is 9.02. The van der Waals surface area contributed by atoms with Gasteiger partial charge in [0.05, 0.1) is 0 Å². The fraction of sp³-hybridized carbons (Fsp3) is 0.333. The molecule has 0 spiro atoms. The Labute approximate surface area is 118 Å². The van der Waals surface area contributed by atoms with Gasteiger partial charge in [-0.15, -0.1) is 0 Å². The molecule has 0 unspecified atom stereocenters. The third-order valence-corrected chi connectivity index (χ3v) is 8.83. The summed E-state index contributed by atoms with van der Waals surface area (Å²) in [5, 5.41) is 0. The molecule has 1 aromatic rings. The second-order valence-electron chi connectivity index (χ2n) is 5.44. The van der Waals surface area contributed by atoms with Gasteiger partial charge in [0.2, 0.25) is 0 Å². The van der Waals surface area contributed by atoms with Crippen molar-refractivity contribution in [3.05, 3.63) is 45.1 Å². The van der Waals surface area contributed by atoms with E-state index < -0.39 is 18.4 Å². The molecule has 3 nitrogen and oxygen atoms in total. The Morgan fingerprint density at radius 1 is 1.05 bits per heavy atom. The summed E-state index contributed by atoms with van der Waals surface area (Å²) in [6.07, 6.45) is 0. The molecule has 102 valence electrons. The molecule has 0 aromatic heterocycles. The van der Waals surface area contributed by atoms with Crippen molar-refractivity contribution >= 4 is 30.1 Å². The molecule has 0 saturated heterocycles. The van der Waals surface area contributed by atoms with Gasteiger partial charge in [0.15, 0.2) is 0 Å². The van der Waals surface area contributed by atoms with E-state index in [0.29, 0.717) is 14.7 Å².